The zero-order chi connectivity index (χ0) is 14.4. The van der Waals surface area contributed by atoms with Crippen LogP contribution in [0.5, 0.6) is 0 Å². The number of nitrogens with one attached hydrogen (secondary N) is 1. The molecular weight excluding hydrogens is 238 g/mol. The summed E-state index contributed by atoms with van der Waals surface area (Å²) in [5, 5.41) is 7.22. The lowest BCUT2D eigenvalue weighted by Crippen LogP contribution is -2.22. The van der Waals surface area contributed by atoms with Crippen molar-refractivity contribution in [3.8, 4) is 0 Å². The number of aryl methyl sites for hydroxylation is 2. The average molecular weight is 263 g/mol. The molecule has 0 saturated heterocycles. The minimum atomic E-state index is -0.0357. The number of hydrogen-bond donors (Lipinski definition) is 1. The number of aromatic nitrogens is 2. The fraction of sp³-hybridized carbons (Fsp3) is 0.600. The standard InChI is InChI=1S/C15H25N3O/c1-11(2)7-6-10-16-15(19)9-8-14-12(3)17-18(5)13(14)4/h8-9,11H,6-7,10H2,1-5H3,(H,16,19). The Labute approximate surface area is 115 Å². The summed E-state index contributed by atoms with van der Waals surface area (Å²) in [6.45, 7) is 9.07. The fourth-order valence-electron chi connectivity index (χ4n) is 1.97. The first-order valence-corrected chi connectivity index (χ1v) is 6.88. The van der Waals surface area contributed by atoms with E-state index in [0.29, 0.717) is 5.92 Å². The molecule has 1 aromatic heterocycles. The van der Waals surface area contributed by atoms with Crippen molar-refractivity contribution in [2.75, 3.05) is 6.54 Å². The number of carbonyl (C=O) groups excluding carboxylic acids is 1. The molecule has 0 unspecified atom stereocenters. The van der Waals surface area contributed by atoms with Crippen LogP contribution in [0.25, 0.3) is 6.08 Å². The summed E-state index contributed by atoms with van der Waals surface area (Å²) in [7, 11) is 1.91. The first-order valence-electron chi connectivity index (χ1n) is 6.88. The number of carbonyl (C=O) groups is 1. The van der Waals surface area contributed by atoms with Crippen molar-refractivity contribution >= 4 is 12.0 Å². The maximum absolute atomic E-state index is 11.7. The van der Waals surface area contributed by atoms with Gasteiger partial charge >= 0.3 is 0 Å². The highest BCUT2D eigenvalue weighted by Gasteiger charge is 2.06. The highest BCUT2D eigenvalue weighted by molar-refractivity contribution is 5.91. The Hall–Kier alpha value is -1.58. The first-order chi connectivity index (χ1) is 8.91. The summed E-state index contributed by atoms with van der Waals surface area (Å²) < 4.78 is 1.83. The molecule has 0 atom stereocenters. The second-order valence-electron chi connectivity index (χ2n) is 5.37. The second-order valence-corrected chi connectivity index (χ2v) is 5.37. The molecule has 4 nitrogen and oxygen atoms in total. The van der Waals surface area contributed by atoms with Crippen LogP contribution in [0.4, 0.5) is 0 Å². The molecule has 0 spiro atoms. The predicted octanol–water partition coefficient (Wildman–Crippen LogP) is 2.60. The van der Waals surface area contributed by atoms with Gasteiger partial charge in [-0.15, -0.1) is 0 Å². The monoisotopic (exact) mass is 263 g/mol. The molecule has 0 aliphatic carbocycles. The third-order valence-electron chi connectivity index (χ3n) is 3.22. The third-order valence-corrected chi connectivity index (χ3v) is 3.22. The molecule has 0 aliphatic rings. The number of amides is 1. The van der Waals surface area contributed by atoms with Gasteiger partial charge in [0.05, 0.1) is 5.69 Å². The van der Waals surface area contributed by atoms with Crippen LogP contribution < -0.4 is 5.32 Å². The Morgan fingerprint density at radius 1 is 1.42 bits per heavy atom. The highest BCUT2D eigenvalue weighted by atomic mass is 16.1. The molecular formula is C15H25N3O. The Kier molecular flexibility index (Phi) is 5.80. The molecule has 4 heteroatoms. The molecule has 1 N–H and O–H groups in total. The number of rotatable bonds is 6. The van der Waals surface area contributed by atoms with Crippen LogP contribution in [0.1, 0.15) is 43.6 Å². The molecule has 106 valence electrons. The average Bonchev–Trinajstić information content (AvgIpc) is 2.57. The van der Waals surface area contributed by atoms with E-state index in [0.717, 1.165) is 36.3 Å². The topological polar surface area (TPSA) is 46.9 Å². The first kappa shape index (κ1) is 15.5. The van der Waals surface area contributed by atoms with E-state index in [2.05, 4.69) is 24.3 Å². The van der Waals surface area contributed by atoms with Gasteiger partial charge in [-0.1, -0.05) is 13.8 Å². The van der Waals surface area contributed by atoms with Crippen molar-refractivity contribution in [3.63, 3.8) is 0 Å². The van der Waals surface area contributed by atoms with Gasteiger partial charge in [0.1, 0.15) is 0 Å². The molecule has 1 heterocycles. The lowest BCUT2D eigenvalue weighted by molar-refractivity contribution is -0.116. The molecule has 0 aliphatic heterocycles. The molecule has 1 rings (SSSR count). The summed E-state index contributed by atoms with van der Waals surface area (Å²) >= 11 is 0. The largest absolute Gasteiger partial charge is 0.353 e. The Bertz CT molecular complexity index is 458. The van der Waals surface area contributed by atoms with Crippen molar-refractivity contribution in [1.29, 1.82) is 0 Å². The molecule has 0 fully saturated rings. The number of nitrogens with zero attached hydrogens (tertiary/aromatic N) is 2. The van der Waals surface area contributed by atoms with E-state index >= 15 is 0 Å². The summed E-state index contributed by atoms with van der Waals surface area (Å²) in [5.74, 6) is 0.652. The van der Waals surface area contributed by atoms with Crippen LogP contribution in [-0.4, -0.2) is 22.2 Å². The van der Waals surface area contributed by atoms with Gasteiger partial charge in [-0.2, -0.15) is 5.10 Å². The van der Waals surface area contributed by atoms with E-state index in [1.54, 1.807) is 6.08 Å². The van der Waals surface area contributed by atoms with Crippen LogP contribution in [0, 0.1) is 19.8 Å². The van der Waals surface area contributed by atoms with Crippen molar-refractivity contribution in [3.05, 3.63) is 23.0 Å². The van der Waals surface area contributed by atoms with Crippen LogP contribution in [-0.2, 0) is 11.8 Å². The summed E-state index contributed by atoms with van der Waals surface area (Å²) in [4.78, 5) is 11.7. The maximum Gasteiger partial charge on any atom is 0.244 e. The smallest absolute Gasteiger partial charge is 0.244 e. The minimum Gasteiger partial charge on any atom is -0.353 e. The van der Waals surface area contributed by atoms with E-state index in [1.165, 1.54) is 0 Å². The lowest BCUT2D eigenvalue weighted by atomic mass is 10.1. The van der Waals surface area contributed by atoms with Gasteiger partial charge in [0, 0.05) is 30.9 Å². The van der Waals surface area contributed by atoms with Crippen LogP contribution in [0.2, 0.25) is 0 Å². The van der Waals surface area contributed by atoms with Gasteiger partial charge in [0.2, 0.25) is 5.91 Å². The van der Waals surface area contributed by atoms with Gasteiger partial charge in [0.15, 0.2) is 0 Å². The summed E-state index contributed by atoms with van der Waals surface area (Å²) in [6.07, 6.45) is 5.61. The van der Waals surface area contributed by atoms with E-state index < -0.39 is 0 Å². The lowest BCUT2D eigenvalue weighted by Gasteiger charge is -2.04. The second kappa shape index (κ2) is 7.12. The molecule has 1 aromatic rings. The van der Waals surface area contributed by atoms with Gasteiger partial charge < -0.3 is 5.32 Å². The van der Waals surface area contributed by atoms with Crippen LogP contribution in [0.3, 0.4) is 0 Å². The highest BCUT2D eigenvalue weighted by Crippen LogP contribution is 2.13. The Morgan fingerprint density at radius 2 is 2.11 bits per heavy atom. The van der Waals surface area contributed by atoms with E-state index in [4.69, 9.17) is 0 Å². The van der Waals surface area contributed by atoms with Crippen molar-refractivity contribution in [1.82, 2.24) is 15.1 Å². The molecule has 0 radical (unpaired) electrons. The van der Waals surface area contributed by atoms with Crippen LogP contribution >= 0.6 is 0 Å². The van der Waals surface area contributed by atoms with Gasteiger partial charge in [-0.25, -0.2) is 0 Å². The summed E-state index contributed by atoms with van der Waals surface area (Å²) in [5.41, 5.74) is 3.05. The van der Waals surface area contributed by atoms with Crippen molar-refractivity contribution < 1.29 is 4.79 Å². The van der Waals surface area contributed by atoms with E-state index in [-0.39, 0.29) is 5.91 Å². The van der Waals surface area contributed by atoms with E-state index in [9.17, 15) is 4.79 Å². The Morgan fingerprint density at radius 3 is 2.63 bits per heavy atom. The quantitative estimate of drug-likeness (QED) is 0.633. The van der Waals surface area contributed by atoms with E-state index in [1.807, 2.05) is 31.7 Å². The normalized spacial score (nSPS) is 11.5. The van der Waals surface area contributed by atoms with Crippen molar-refractivity contribution in [2.24, 2.45) is 13.0 Å². The molecule has 0 aromatic carbocycles. The molecule has 0 bridgehead atoms. The zero-order valence-corrected chi connectivity index (χ0v) is 12.7. The van der Waals surface area contributed by atoms with Crippen LogP contribution in [0.15, 0.2) is 6.08 Å². The maximum atomic E-state index is 11.7. The molecule has 0 saturated carbocycles. The molecule has 19 heavy (non-hydrogen) atoms. The zero-order valence-electron chi connectivity index (χ0n) is 12.7. The number of hydrogen-bond acceptors (Lipinski definition) is 2. The van der Waals surface area contributed by atoms with Gasteiger partial charge in [0.25, 0.3) is 0 Å². The van der Waals surface area contributed by atoms with Gasteiger partial charge in [-0.05, 0) is 38.7 Å². The third kappa shape index (κ3) is 4.89. The van der Waals surface area contributed by atoms with Gasteiger partial charge in [-0.3, -0.25) is 9.48 Å². The minimum absolute atomic E-state index is 0.0357. The fourth-order valence-corrected chi connectivity index (χ4v) is 1.97. The Balaban J connectivity index is 2.45. The predicted molar refractivity (Wildman–Crippen MR) is 78.8 cm³/mol. The summed E-state index contributed by atoms with van der Waals surface area (Å²) in [6, 6.07) is 0. The van der Waals surface area contributed by atoms with Crippen molar-refractivity contribution in [2.45, 2.75) is 40.5 Å². The SMILES string of the molecule is Cc1nn(C)c(C)c1C=CC(=O)NCCCC(C)C. The molecule has 1 amide bonds.